The van der Waals surface area contributed by atoms with Crippen LogP contribution in [0.1, 0.15) is 23.4 Å². The molecular formula is C24H26N4O2S. The Labute approximate surface area is 186 Å². The van der Waals surface area contributed by atoms with E-state index in [2.05, 4.69) is 10.4 Å². The first-order valence-electron chi connectivity index (χ1n) is 10.3. The lowest BCUT2D eigenvalue weighted by Gasteiger charge is -2.17. The Bertz CT molecular complexity index is 1120. The van der Waals surface area contributed by atoms with Crippen LogP contribution in [0.2, 0.25) is 0 Å². The van der Waals surface area contributed by atoms with Crippen LogP contribution in [0.3, 0.4) is 0 Å². The third kappa shape index (κ3) is 4.23. The van der Waals surface area contributed by atoms with E-state index in [9.17, 15) is 9.59 Å². The van der Waals surface area contributed by atoms with Gasteiger partial charge in [-0.2, -0.15) is 5.10 Å². The highest BCUT2D eigenvalue weighted by atomic mass is 32.2. The minimum Gasteiger partial charge on any atom is -0.323 e. The van der Waals surface area contributed by atoms with Crippen molar-refractivity contribution in [1.29, 1.82) is 0 Å². The van der Waals surface area contributed by atoms with Crippen LogP contribution in [0, 0.1) is 26.7 Å². The molecule has 0 radical (unpaired) electrons. The van der Waals surface area contributed by atoms with Crippen LogP contribution in [0.4, 0.5) is 11.4 Å². The van der Waals surface area contributed by atoms with Gasteiger partial charge < -0.3 is 10.2 Å². The lowest BCUT2D eigenvalue weighted by atomic mass is 10.1. The van der Waals surface area contributed by atoms with Gasteiger partial charge in [0.15, 0.2) is 0 Å². The molecule has 0 spiro atoms. The third-order valence-electron chi connectivity index (χ3n) is 5.70. The summed E-state index contributed by atoms with van der Waals surface area (Å²) >= 11 is 1.66. The second-order valence-corrected chi connectivity index (χ2v) is 8.77. The monoisotopic (exact) mass is 434 g/mol. The first-order chi connectivity index (χ1) is 14.9. The molecule has 1 aromatic heterocycles. The molecule has 2 amide bonds. The molecule has 1 aliphatic rings. The number of hydrogen-bond acceptors (Lipinski definition) is 4. The summed E-state index contributed by atoms with van der Waals surface area (Å²) in [5.41, 5.74) is 5.28. The second kappa shape index (κ2) is 8.59. The SMILES string of the molecule is CSc1ccc(N2C[C@@H](C(=O)Nc3c(C)nn(-c4ccc(C)cc4)c3C)CC2=O)cc1. The van der Waals surface area contributed by atoms with Gasteiger partial charge in [-0.1, -0.05) is 17.7 Å². The van der Waals surface area contributed by atoms with Gasteiger partial charge in [-0.3, -0.25) is 9.59 Å². The Balaban J connectivity index is 1.49. The zero-order valence-electron chi connectivity index (χ0n) is 18.2. The lowest BCUT2D eigenvalue weighted by Crippen LogP contribution is -2.28. The number of hydrogen-bond donors (Lipinski definition) is 1. The van der Waals surface area contributed by atoms with E-state index in [1.165, 1.54) is 5.56 Å². The number of aryl methyl sites for hydroxylation is 2. The fourth-order valence-corrected chi connectivity index (χ4v) is 4.29. The van der Waals surface area contributed by atoms with Gasteiger partial charge in [0.25, 0.3) is 0 Å². The number of benzene rings is 2. The summed E-state index contributed by atoms with van der Waals surface area (Å²) in [6.07, 6.45) is 2.22. The van der Waals surface area contributed by atoms with Crippen LogP contribution in [-0.2, 0) is 9.59 Å². The van der Waals surface area contributed by atoms with E-state index in [1.807, 2.05) is 80.2 Å². The van der Waals surface area contributed by atoms with Crippen molar-refractivity contribution in [2.75, 3.05) is 23.0 Å². The number of thioether (sulfide) groups is 1. The van der Waals surface area contributed by atoms with Crippen molar-refractivity contribution >= 4 is 35.0 Å². The van der Waals surface area contributed by atoms with E-state index in [4.69, 9.17) is 0 Å². The summed E-state index contributed by atoms with van der Waals surface area (Å²) in [7, 11) is 0. The van der Waals surface area contributed by atoms with E-state index in [0.29, 0.717) is 12.2 Å². The molecule has 4 rings (SSSR count). The molecule has 3 aromatic rings. The van der Waals surface area contributed by atoms with Gasteiger partial charge in [0.05, 0.1) is 28.7 Å². The maximum absolute atomic E-state index is 13.0. The van der Waals surface area contributed by atoms with Crippen molar-refractivity contribution in [3.63, 3.8) is 0 Å². The van der Waals surface area contributed by atoms with E-state index in [-0.39, 0.29) is 18.2 Å². The molecule has 1 aliphatic heterocycles. The summed E-state index contributed by atoms with van der Waals surface area (Å²) in [5.74, 6) is -0.568. The first kappa shape index (κ1) is 21.2. The normalized spacial score (nSPS) is 16.1. The van der Waals surface area contributed by atoms with Gasteiger partial charge in [0.2, 0.25) is 11.8 Å². The number of nitrogens with zero attached hydrogens (tertiary/aromatic N) is 3. The maximum Gasteiger partial charge on any atom is 0.229 e. The van der Waals surface area contributed by atoms with Gasteiger partial charge in [-0.05, 0) is 63.4 Å². The maximum atomic E-state index is 13.0. The van der Waals surface area contributed by atoms with Crippen LogP contribution in [0.15, 0.2) is 53.4 Å². The predicted octanol–water partition coefficient (Wildman–Crippen LogP) is 4.51. The molecule has 7 heteroatoms. The van der Waals surface area contributed by atoms with Crippen molar-refractivity contribution in [3.05, 3.63) is 65.5 Å². The number of carbonyl (C=O) groups is 2. The molecule has 31 heavy (non-hydrogen) atoms. The van der Waals surface area contributed by atoms with Crippen molar-refractivity contribution in [2.24, 2.45) is 5.92 Å². The summed E-state index contributed by atoms with van der Waals surface area (Å²) in [4.78, 5) is 28.4. The Morgan fingerprint density at radius 1 is 1.03 bits per heavy atom. The molecule has 1 saturated heterocycles. The molecule has 160 valence electrons. The Kier molecular flexibility index (Phi) is 5.87. The molecule has 6 nitrogen and oxygen atoms in total. The zero-order chi connectivity index (χ0) is 22.1. The quantitative estimate of drug-likeness (QED) is 0.600. The van der Waals surface area contributed by atoms with E-state index in [1.54, 1.807) is 16.7 Å². The van der Waals surface area contributed by atoms with E-state index >= 15 is 0 Å². The number of anilines is 2. The van der Waals surface area contributed by atoms with E-state index in [0.717, 1.165) is 27.7 Å². The highest BCUT2D eigenvalue weighted by molar-refractivity contribution is 7.98. The van der Waals surface area contributed by atoms with Gasteiger partial charge >= 0.3 is 0 Å². The minimum atomic E-state index is -0.394. The van der Waals surface area contributed by atoms with Crippen LogP contribution < -0.4 is 10.2 Å². The van der Waals surface area contributed by atoms with Crippen LogP contribution in [0.5, 0.6) is 0 Å². The molecule has 1 atom stereocenters. The summed E-state index contributed by atoms with van der Waals surface area (Å²) in [5, 5.41) is 7.63. The van der Waals surface area contributed by atoms with Crippen LogP contribution in [-0.4, -0.2) is 34.4 Å². The number of aromatic nitrogens is 2. The topological polar surface area (TPSA) is 67.2 Å². The molecular weight excluding hydrogens is 408 g/mol. The molecule has 0 aliphatic carbocycles. The fraction of sp³-hybridized carbons (Fsp3) is 0.292. The number of rotatable bonds is 5. The molecule has 0 unspecified atom stereocenters. The molecule has 2 heterocycles. The zero-order valence-corrected chi connectivity index (χ0v) is 19.0. The molecule has 1 N–H and O–H groups in total. The number of amides is 2. The molecule has 1 fully saturated rings. The Morgan fingerprint density at radius 2 is 1.68 bits per heavy atom. The molecule has 0 saturated carbocycles. The summed E-state index contributed by atoms with van der Waals surface area (Å²) < 4.78 is 1.84. The largest absolute Gasteiger partial charge is 0.323 e. The van der Waals surface area contributed by atoms with E-state index < -0.39 is 5.92 Å². The first-order valence-corrected chi connectivity index (χ1v) is 11.5. The Hall–Kier alpha value is -3.06. The summed E-state index contributed by atoms with van der Waals surface area (Å²) in [6.45, 7) is 6.25. The second-order valence-electron chi connectivity index (χ2n) is 7.89. The van der Waals surface area contributed by atoms with Gasteiger partial charge in [0, 0.05) is 23.5 Å². The number of carbonyl (C=O) groups excluding carboxylic acids is 2. The van der Waals surface area contributed by atoms with Crippen molar-refractivity contribution in [1.82, 2.24) is 9.78 Å². The van der Waals surface area contributed by atoms with Crippen molar-refractivity contribution < 1.29 is 9.59 Å². The fourth-order valence-electron chi connectivity index (χ4n) is 3.88. The standard InChI is InChI=1S/C24H26N4O2S/c1-15-5-7-20(8-6-15)28-17(3)23(16(2)26-28)25-24(30)18-13-22(29)27(14-18)19-9-11-21(31-4)12-10-19/h5-12,18H,13-14H2,1-4H3,(H,25,30)/t18-/m0/s1. The van der Waals surface area contributed by atoms with Crippen LogP contribution in [0.25, 0.3) is 5.69 Å². The molecule has 0 bridgehead atoms. The van der Waals surface area contributed by atoms with Gasteiger partial charge in [0.1, 0.15) is 0 Å². The highest BCUT2D eigenvalue weighted by Gasteiger charge is 2.35. The van der Waals surface area contributed by atoms with Gasteiger partial charge in [-0.15, -0.1) is 11.8 Å². The Morgan fingerprint density at radius 3 is 2.32 bits per heavy atom. The van der Waals surface area contributed by atoms with Crippen molar-refractivity contribution in [3.8, 4) is 5.69 Å². The van der Waals surface area contributed by atoms with Gasteiger partial charge in [-0.25, -0.2) is 4.68 Å². The predicted molar refractivity (Wildman–Crippen MR) is 125 cm³/mol. The number of nitrogens with one attached hydrogen (secondary N) is 1. The average molecular weight is 435 g/mol. The average Bonchev–Trinajstić information content (AvgIpc) is 3.29. The lowest BCUT2D eigenvalue weighted by molar-refractivity contribution is -0.122. The molecule has 2 aromatic carbocycles. The van der Waals surface area contributed by atoms with Crippen molar-refractivity contribution in [2.45, 2.75) is 32.1 Å². The smallest absolute Gasteiger partial charge is 0.229 e. The third-order valence-corrected chi connectivity index (χ3v) is 6.44. The summed E-state index contributed by atoms with van der Waals surface area (Å²) in [6, 6.07) is 15.9. The minimum absolute atomic E-state index is 0.0270. The highest BCUT2D eigenvalue weighted by Crippen LogP contribution is 2.29. The van der Waals surface area contributed by atoms with Crippen LogP contribution >= 0.6 is 11.8 Å².